The van der Waals surface area contributed by atoms with Crippen LogP contribution in [0.15, 0.2) is 42.5 Å². The molecule has 0 unspecified atom stereocenters. The molecule has 1 aliphatic rings. The number of nitrogens with zero attached hydrogens (tertiary/aromatic N) is 1. The Bertz CT molecular complexity index is 1080. The van der Waals surface area contributed by atoms with Crippen molar-refractivity contribution in [3.05, 3.63) is 58.9 Å². The highest BCUT2D eigenvalue weighted by atomic mass is 35.5. The van der Waals surface area contributed by atoms with E-state index in [0.29, 0.717) is 16.3 Å². The maximum Gasteiger partial charge on any atom is 0.234 e. The summed E-state index contributed by atoms with van der Waals surface area (Å²) in [6, 6.07) is 10.8. The fraction of sp³-hybridized carbons (Fsp3) is 0.300. The number of hydrogen-bond acceptors (Lipinski definition) is 4. The molecule has 1 saturated heterocycles. The summed E-state index contributed by atoms with van der Waals surface area (Å²) in [6.07, 6.45) is 0.0337. The normalized spacial score (nSPS) is 16.6. The smallest absolute Gasteiger partial charge is 0.234 e. The van der Waals surface area contributed by atoms with Gasteiger partial charge in [0.1, 0.15) is 5.82 Å². The van der Waals surface area contributed by atoms with Crippen LogP contribution < -0.4 is 14.9 Å². The third-order valence-electron chi connectivity index (χ3n) is 4.73. The van der Waals surface area contributed by atoms with Crippen LogP contribution in [0.25, 0.3) is 0 Å². The van der Waals surface area contributed by atoms with E-state index in [4.69, 9.17) is 11.6 Å². The quantitative estimate of drug-likeness (QED) is 0.673. The summed E-state index contributed by atoms with van der Waals surface area (Å²) < 4.78 is 40.2. The van der Waals surface area contributed by atoms with Crippen molar-refractivity contribution >= 4 is 44.8 Å². The number of aryl methyl sites for hydroxylation is 1. The summed E-state index contributed by atoms with van der Waals surface area (Å²) in [4.78, 5) is 26.1. The van der Waals surface area contributed by atoms with E-state index in [-0.39, 0.29) is 36.9 Å². The lowest BCUT2D eigenvalue weighted by Crippen LogP contribution is -2.36. The van der Waals surface area contributed by atoms with Gasteiger partial charge in [0.25, 0.3) is 0 Å². The zero-order valence-corrected chi connectivity index (χ0v) is 17.8. The first kappa shape index (κ1) is 22.0. The number of sulfonamides is 1. The standard InChI is InChI=1S/C20H21ClFN3O4S/c1-13-5-6-16(11-18(13)22)24-30(28,29)8-7-23-20(27)14-9-19(26)25(12-14)17-4-2-3-15(21)10-17/h2-6,10-11,14,24H,7-9,12H2,1H3,(H,23,27)/t14-/m0/s1. The second kappa shape index (κ2) is 9.01. The molecule has 2 aromatic rings. The Morgan fingerprint density at radius 1 is 1.27 bits per heavy atom. The minimum absolute atomic E-state index is 0.0337. The average molecular weight is 454 g/mol. The van der Waals surface area contributed by atoms with E-state index in [1.807, 2.05) is 0 Å². The van der Waals surface area contributed by atoms with Gasteiger partial charge in [-0.1, -0.05) is 23.7 Å². The number of anilines is 2. The van der Waals surface area contributed by atoms with Gasteiger partial charge in [0, 0.05) is 30.2 Å². The third kappa shape index (κ3) is 5.48. The van der Waals surface area contributed by atoms with Gasteiger partial charge < -0.3 is 10.2 Å². The fourth-order valence-corrected chi connectivity index (χ4v) is 4.26. The lowest BCUT2D eigenvalue weighted by molar-refractivity contribution is -0.126. The van der Waals surface area contributed by atoms with Gasteiger partial charge in [-0.3, -0.25) is 14.3 Å². The van der Waals surface area contributed by atoms with Crippen molar-refractivity contribution in [3.8, 4) is 0 Å². The molecule has 1 aliphatic heterocycles. The molecule has 1 atom stereocenters. The number of hydrogen-bond donors (Lipinski definition) is 2. The number of rotatable bonds is 7. The monoisotopic (exact) mass is 453 g/mol. The summed E-state index contributed by atoms with van der Waals surface area (Å²) in [5.74, 6) is -2.08. The minimum atomic E-state index is -3.78. The van der Waals surface area contributed by atoms with Crippen molar-refractivity contribution in [2.75, 3.05) is 28.5 Å². The van der Waals surface area contributed by atoms with Crippen molar-refractivity contribution in [3.63, 3.8) is 0 Å². The van der Waals surface area contributed by atoms with E-state index >= 15 is 0 Å². The molecular formula is C20H21ClFN3O4S. The van der Waals surface area contributed by atoms with Gasteiger partial charge in [0.15, 0.2) is 0 Å². The van der Waals surface area contributed by atoms with Crippen molar-refractivity contribution in [2.24, 2.45) is 5.92 Å². The molecule has 3 rings (SSSR count). The molecule has 10 heteroatoms. The second-order valence-corrected chi connectivity index (χ2v) is 9.34. The highest BCUT2D eigenvalue weighted by molar-refractivity contribution is 7.92. The number of halogens is 2. The molecule has 0 aromatic heterocycles. The number of carbonyl (C=O) groups is 2. The van der Waals surface area contributed by atoms with Gasteiger partial charge in [-0.2, -0.15) is 0 Å². The van der Waals surface area contributed by atoms with E-state index in [2.05, 4.69) is 10.0 Å². The zero-order chi connectivity index (χ0) is 21.9. The molecule has 1 heterocycles. The summed E-state index contributed by atoms with van der Waals surface area (Å²) in [5.41, 5.74) is 1.13. The topological polar surface area (TPSA) is 95.6 Å². The first-order valence-electron chi connectivity index (χ1n) is 9.25. The highest BCUT2D eigenvalue weighted by Gasteiger charge is 2.35. The molecule has 1 fully saturated rings. The summed E-state index contributed by atoms with van der Waals surface area (Å²) in [7, 11) is -3.78. The summed E-state index contributed by atoms with van der Waals surface area (Å²) in [5, 5.41) is 3.04. The lowest BCUT2D eigenvalue weighted by Gasteiger charge is -2.17. The zero-order valence-electron chi connectivity index (χ0n) is 16.2. The van der Waals surface area contributed by atoms with Crippen molar-refractivity contribution in [1.29, 1.82) is 0 Å². The van der Waals surface area contributed by atoms with Crippen LogP contribution in [0.2, 0.25) is 5.02 Å². The van der Waals surface area contributed by atoms with E-state index < -0.39 is 27.7 Å². The van der Waals surface area contributed by atoms with Gasteiger partial charge >= 0.3 is 0 Å². The van der Waals surface area contributed by atoms with Crippen molar-refractivity contribution < 1.29 is 22.4 Å². The molecule has 2 N–H and O–H groups in total. The van der Waals surface area contributed by atoms with Crippen LogP contribution in [0.5, 0.6) is 0 Å². The van der Waals surface area contributed by atoms with Crippen LogP contribution in [0.1, 0.15) is 12.0 Å². The number of amides is 2. The first-order valence-corrected chi connectivity index (χ1v) is 11.3. The van der Waals surface area contributed by atoms with Crippen molar-refractivity contribution in [2.45, 2.75) is 13.3 Å². The predicted octanol–water partition coefficient (Wildman–Crippen LogP) is 2.70. The summed E-state index contributed by atoms with van der Waals surface area (Å²) >= 11 is 5.95. The SMILES string of the molecule is Cc1ccc(NS(=O)(=O)CCNC(=O)[C@H]2CC(=O)N(c3cccc(Cl)c3)C2)cc1F. The van der Waals surface area contributed by atoms with E-state index in [9.17, 15) is 22.4 Å². The van der Waals surface area contributed by atoms with Gasteiger partial charge in [-0.05, 0) is 42.8 Å². The van der Waals surface area contributed by atoms with E-state index in [1.54, 1.807) is 31.2 Å². The second-order valence-electron chi connectivity index (χ2n) is 7.06. The predicted molar refractivity (Wildman–Crippen MR) is 113 cm³/mol. The number of nitrogens with one attached hydrogen (secondary N) is 2. The Morgan fingerprint density at radius 3 is 2.73 bits per heavy atom. The van der Waals surface area contributed by atoms with Crippen LogP contribution in [-0.4, -0.2) is 39.1 Å². The molecule has 0 spiro atoms. The van der Waals surface area contributed by atoms with Gasteiger partial charge in [-0.15, -0.1) is 0 Å². The lowest BCUT2D eigenvalue weighted by atomic mass is 10.1. The maximum absolute atomic E-state index is 13.6. The van der Waals surface area contributed by atoms with Gasteiger partial charge in [0.2, 0.25) is 21.8 Å². The minimum Gasteiger partial charge on any atom is -0.355 e. The van der Waals surface area contributed by atoms with Crippen LogP contribution in [-0.2, 0) is 19.6 Å². The third-order valence-corrected chi connectivity index (χ3v) is 6.25. The fourth-order valence-electron chi connectivity index (χ4n) is 3.12. The Labute approximate surface area is 179 Å². The molecule has 7 nitrogen and oxygen atoms in total. The van der Waals surface area contributed by atoms with Crippen LogP contribution >= 0.6 is 11.6 Å². The molecule has 30 heavy (non-hydrogen) atoms. The Hall–Kier alpha value is -2.65. The molecule has 2 aromatic carbocycles. The Morgan fingerprint density at radius 2 is 2.03 bits per heavy atom. The van der Waals surface area contributed by atoms with Crippen LogP contribution in [0.4, 0.5) is 15.8 Å². The maximum atomic E-state index is 13.6. The highest BCUT2D eigenvalue weighted by Crippen LogP contribution is 2.27. The van der Waals surface area contributed by atoms with Crippen molar-refractivity contribution in [1.82, 2.24) is 5.32 Å². The van der Waals surface area contributed by atoms with E-state index in [0.717, 1.165) is 6.07 Å². The number of carbonyl (C=O) groups excluding carboxylic acids is 2. The van der Waals surface area contributed by atoms with Gasteiger partial charge in [0.05, 0.1) is 17.4 Å². The molecule has 0 radical (unpaired) electrons. The largest absolute Gasteiger partial charge is 0.355 e. The molecule has 0 bridgehead atoms. The Balaban J connectivity index is 1.51. The molecule has 0 saturated carbocycles. The molecule has 2 amide bonds. The first-order chi connectivity index (χ1) is 14.1. The molecule has 0 aliphatic carbocycles. The average Bonchev–Trinajstić information content (AvgIpc) is 3.06. The number of benzene rings is 2. The Kier molecular flexibility index (Phi) is 6.62. The van der Waals surface area contributed by atoms with Crippen LogP contribution in [0, 0.1) is 18.7 Å². The van der Waals surface area contributed by atoms with E-state index in [1.165, 1.54) is 17.0 Å². The van der Waals surface area contributed by atoms with Gasteiger partial charge in [-0.25, -0.2) is 12.8 Å². The molecule has 160 valence electrons. The summed E-state index contributed by atoms with van der Waals surface area (Å²) in [6.45, 7) is 1.63. The molecular weight excluding hydrogens is 433 g/mol. The van der Waals surface area contributed by atoms with Crippen LogP contribution in [0.3, 0.4) is 0 Å².